The van der Waals surface area contributed by atoms with Crippen LogP contribution in [0, 0.1) is 11.3 Å². The van der Waals surface area contributed by atoms with E-state index in [4.69, 9.17) is 5.26 Å². The second kappa shape index (κ2) is 4.85. The molecule has 0 saturated heterocycles. The first-order valence-electron chi connectivity index (χ1n) is 5.54. The Morgan fingerprint density at radius 2 is 2.24 bits per heavy atom. The van der Waals surface area contributed by atoms with Gasteiger partial charge in [0.25, 0.3) is 0 Å². The topological polar surface area (TPSA) is 89.8 Å². The predicted octanol–water partition coefficient (Wildman–Crippen LogP) is 0.867. The van der Waals surface area contributed by atoms with Crippen LogP contribution < -0.4 is 0 Å². The summed E-state index contributed by atoms with van der Waals surface area (Å²) in [5, 5.41) is 14.9. The van der Waals surface area contributed by atoms with E-state index in [0.29, 0.717) is 0 Å². The van der Waals surface area contributed by atoms with E-state index in [1.165, 1.54) is 16.7 Å². The maximum absolute atomic E-state index is 12.3. The molecular weight excluding hydrogens is 240 g/mol. The normalized spacial score (nSPS) is 17.4. The van der Waals surface area contributed by atoms with Crippen LogP contribution in [-0.2, 0) is 10.0 Å². The first-order valence-corrected chi connectivity index (χ1v) is 6.98. The summed E-state index contributed by atoms with van der Waals surface area (Å²) in [4.78, 5) is 0.125. The average Bonchev–Trinajstić information content (AvgIpc) is 2.97. The van der Waals surface area contributed by atoms with Gasteiger partial charge in [-0.15, -0.1) is 0 Å². The SMILES string of the molecule is N#CCN(C1CCCC1)S(=O)(=O)c1cn[nH]c1. The Hall–Kier alpha value is -1.39. The molecule has 1 heterocycles. The largest absolute Gasteiger partial charge is 0.284 e. The minimum Gasteiger partial charge on any atom is -0.284 e. The van der Waals surface area contributed by atoms with Gasteiger partial charge in [0.15, 0.2) is 0 Å². The molecule has 1 aromatic heterocycles. The molecule has 0 atom stereocenters. The van der Waals surface area contributed by atoms with Gasteiger partial charge < -0.3 is 0 Å². The molecule has 1 aliphatic carbocycles. The maximum atomic E-state index is 12.3. The van der Waals surface area contributed by atoms with Crippen LogP contribution in [0.2, 0.25) is 0 Å². The van der Waals surface area contributed by atoms with Crippen molar-refractivity contribution < 1.29 is 8.42 Å². The standard InChI is InChI=1S/C10H14N4O2S/c11-5-6-14(9-3-1-2-4-9)17(15,16)10-7-12-13-8-10/h7-9H,1-4,6H2,(H,12,13). The summed E-state index contributed by atoms with van der Waals surface area (Å²) in [6.07, 6.45) is 6.32. The number of rotatable bonds is 4. The lowest BCUT2D eigenvalue weighted by molar-refractivity contribution is 0.350. The molecule has 0 amide bonds. The molecule has 0 unspecified atom stereocenters. The first-order chi connectivity index (χ1) is 8.16. The van der Waals surface area contributed by atoms with Crippen LogP contribution in [0.3, 0.4) is 0 Å². The Morgan fingerprint density at radius 3 is 2.76 bits per heavy atom. The molecular formula is C10H14N4O2S. The van der Waals surface area contributed by atoms with Crippen LogP contribution in [0.25, 0.3) is 0 Å². The van der Waals surface area contributed by atoms with Crippen LogP contribution in [0.1, 0.15) is 25.7 Å². The molecule has 0 bridgehead atoms. The minimum atomic E-state index is -3.59. The van der Waals surface area contributed by atoms with E-state index >= 15 is 0 Å². The van der Waals surface area contributed by atoms with E-state index < -0.39 is 10.0 Å². The molecule has 1 aromatic rings. The number of H-pyrrole nitrogens is 1. The second-order valence-corrected chi connectivity index (χ2v) is 5.97. The lowest BCUT2D eigenvalue weighted by Gasteiger charge is -2.24. The number of hydrogen-bond donors (Lipinski definition) is 1. The third-order valence-electron chi connectivity index (χ3n) is 3.04. The molecule has 0 aromatic carbocycles. The Balaban J connectivity index is 2.30. The van der Waals surface area contributed by atoms with Crippen LogP contribution >= 0.6 is 0 Å². The highest BCUT2D eigenvalue weighted by molar-refractivity contribution is 7.89. The van der Waals surface area contributed by atoms with Gasteiger partial charge in [-0.3, -0.25) is 5.10 Å². The van der Waals surface area contributed by atoms with Crippen LogP contribution in [0.4, 0.5) is 0 Å². The maximum Gasteiger partial charge on any atom is 0.247 e. The molecule has 1 aliphatic rings. The lowest BCUT2D eigenvalue weighted by atomic mass is 10.2. The van der Waals surface area contributed by atoms with Crippen LogP contribution in [0.15, 0.2) is 17.3 Å². The second-order valence-electron chi connectivity index (χ2n) is 4.08. The number of aromatic amines is 1. The Kier molecular flexibility index (Phi) is 3.45. The number of hydrogen-bond acceptors (Lipinski definition) is 4. The summed E-state index contributed by atoms with van der Waals surface area (Å²) in [5.41, 5.74) is 0. The van der Waals surface area contributed by atoms with Crippen LogP contribution in [0.5, 0.6) is 0 Å². The quantitative estimate of drug-likeness (QED) is 0.807. The van der Waals surface area contributed by atoms with Gasteiger partial charge in [-0.25, -0.2) is 8.42 Å². The van der Waals surface area contributed by atoms with Crippen molar-refractivity contribution in [2.75, 3.05) is 6.54 Å². The lowest BCUT2D eigenvalue weighted by Crippen LogP contribution is -2.38. The summed E-state index contributed by atoms with van der Waals surface area (Å²) in [6, 6.07) is 1.88. The van der Waals surface area contributed by atoms with Crippen molar-refractivity contribution in [3.8, 4) is 6.07 Å². The van der Waals surface area contributed by atoms with Gasteiger partial charge in [0.1, 0.15) is 11.4 Å². The van der Waals surface area contributed by atoms with Crippen molar-refractivity contribution in [2.45, 2.75) is 36.6 Å². The van der Waals surface area contributed by atoms with Gasteiger partial charge in [-0.2, -0.15) is 14.7 Å². The molecule has 1 saturated carbocycles. The molecule has 1 fully saturated rings. The summed E-state index contributed by atoms with van der Waals surface area (Å²) in [5.74, 6) is 0. The number of nitriles is 1. The van der Waals surface area contributed by atoms with Crippen molar-refractivity contribution in [3.63, 3.8) is 0 Å². The highest BCUT2D eigenvalue weighted by atomic mass is 32.2. The molecule has 6 nitrogen and oxygen atoms in total. The number of nitrogens with zero attached hydrogens (tertiary/aromatic N) is 3. The molecule has 7 heteroatoms. The van der Waals surface area contributed by atoms with Crippen molar-refractivity contribution in [1.29, 1.82) is 5.26 Å². The van der Waals surface area contributed by atoms with Crippen molar-refractivity contribution in [2.24, 2.45) is 0 Å². The molecule has 2 rings (SSSR count). The molecule has 0 radical (unpaired) electrons. The van der Waals surface area contributed by atoms with Crippen LogP contribution in [-0.4, -0.2) is 35.5 Å². The van der Waals surface area contributed by atoms with Gasteiger partial charge in [-0.05, 0) is 12.8 Å². The Bertz CT molecular complexity index is 497. The first kappa shape index (κ1) is 12.1. The van der Waals surface area contributed by atoms with Crippen molar-refractivity contribution in [3.05, 3.63) is 12.4 Å². The van der Waals surface area contributed by atoms with E-state index in [1.54, 1.807) is 0 Å². The van der Waals surface area contributed by atoms with Gasteiger partial charge >= 0.3 is 0 Å². The Morgan fingerprint density at radius 1 is 1.53 bits per heavy atom. The van der Waals surface area contributed by atoms with E-state index in [2.05, 4.69) is 10.2 Å². The third kappa shape index (κ3) is 2.33. The fourth-order valence-corrected chi connectivity index (χ4v) is 3.68. The van der Waals surface area contributed by atoms with E-state index in [0.717, 1.165) is 25.7 Å². The molecule has 92 valence electrons. The van der Waals surface area contributed by atoms with Gasteiger partial charge in [0.2, 0.25) is 10.0 Å². The molecule has 1 N–H and O–H groups in total. The minimum absolute atomic E-state index is 0.0467. The van der Waals surface area contributed by atoms with Crippen molar-refractivity contribution in [1.82, 2.24) is 14.5 Å². The van der Waals surface area contributed by atoms with E-state index in [9.17, 15) is 8.42 Å². The predicted molar refractivity (Wildman–Crippen MR) is 60.3 cm³/mol. The zero-order valence-corrected chi connectivity index (χ0v) is 10.2. The smallest absolute Gasteiger partial charge is 0.247 e. The van der Waals surface area contributed by atoms with E-state index in [1.807, 2.05) is 6.07 Å². The fourth-order valence-electron chi connectivity index (χ4n) is 2.19. The highest BCUT2D eigenvalue weighted by Gasteiger charge is 2.33. The summed E-state index contributed by atoms with van der Waals surface area (Å²) >= 11 is 0. The molecule has 0 aliphatic heterocycles. The van der Waals surface area contributed by atoms with Crippen molar-refractivity contribution >= 4 is 10.0 Å². The van der Waals surface area contributed by atoms with Gasteiger partial charge in [0.05, 0.1) is 12.3 Å². The summed E-state index contributed by atoms with van der Waals surface area (Å²) < 4.78 is 25.9. The zero-order chi connectivity index (χ0) is 12.3. The zero-order valence-electron chi connectivity index (χ0n) is 9.33. The monoisotopic (exact) mass is 254 g/mol. The average molecular weight is 254 g/mol. The fraction of sp³-hybridized carbons (Fsp3) is 0.600. The highest BCUT2D eigenvalue weighted by Crippen LogP contribution is 2.27. The molecule has 17 heavy (non-hydrogen) atoms. The summed E-state index contributed by atoms with van der Waals surface area (Å²) in [7, 11) is -3.59. The third-order valence-corrected chi connectivity index (χ3v) is 4.90. The Labute approximate surface area is 100 Å². The van der Waals surface area contributed by atoms with E-state index in [-0.39, 0.29) is 17.5 Å². The van der Waals surface area contributed by atoms with Gasteiger partial charge in [0, 0.05) is 12.2 Å². The molecule has 0 spiro atoms. The number of nitrogens with one attached hydrogen (secondary N) is 1. The summed E-state index contributed by atoms with van der Waals surface area (Å²) in [6.45, 7) is -0.0990. The van der Waals surface area contributed by atoms with Gasteiger partial charge in [-0.1, -0.05) is 12.8 Å². The number of sulfonamides is 1. The number of aromatic nitrogens is 2.